The van der Waals surface area contributed by atoms with Crippen LogP contribution < -0.4 is 5.32 Å². The normalized spacial score (nSPS) is 12.5. The summed E-state index contributed by atoms with van der Waals surface area (Å²) in [5.74, 6) is 0. The molecule has 0 saturated heterocycles. The third-order valence-electron chi connectivity index (χ3n) is 4.81. The van der Waals surface area contributed by atoms with Gasteiger partial charge in [0.2, 0.25) is 0 Å². The Morgan fingerprint density at radius 1 is 1.04 bits per heavy atom. The van der Waals surface area contributed by atoms with Gasteiger partial charge in [-0.3, -0.25) is 0 Å². The van der Waals surface area contributed by atoms with Crippen LogP contribution in [0.25, 0.3) is 0 Å². The molecule has 1 heterocycles. The van der Waals surface area contributed by atoms with E-state index in [4.69, 9.17) is 11.6 Å². The number of rotatable bonds is 8. The second-order valence-corrected chi connectivity index (χ2v) is 7.38. The third kappa shape index (κ3) is 4.98. The Morgan fingerprint density at radius 2 is 1.67 bits per heavy atom. The number of aryl methyl sites for hydroxylation is 1. The molecule has 1 aromatic heterocycles. The van der Waals surface area contributed by atoms with E-state index in [-0.39, 0.29) is 0 Å². The molecule has 2 aromatic carbocycles. The van der Waals surface area contributed by atoms with E-state index >= 15 is 0 Å². The molecule has 0 bridgehead atoms. The molecule has 0 amide bonds. The van der Waals surface area contributed by atoms with Crippen molar-refractivity contribution in [3.63, 3.8) is 0 Å². The van der Waals surface area contributed by atoms with Crippen LogP contribution in [0.5, 0.6) is 0 Å². The van der Waals surface area contributed by atoms with Crippen molar-refractivity contribution in [2.75, 3.05) is 20.6 Å². The molecule has 0 radical (unpaired) electrons. The van der Waals surface area contributed by atoms with Crippen LogP contribution in [0, 0.1) is 6.92 Å². The molecular formula is C22H27ClN4. The molecule has 5 heteroatoms. The van der Waals surface area contributed by atoms with Crippen LogP contribution in [0.15, 0.2) is 60.7 Å². The van der Waals surface area contributed by atoms with E-state index in [1.165, 1.54) is 11.1 Å². The fourth-order valence-electron chi connectivity index (χ4n) is 3.26. The van der Waals surface area contributed by atoms with Crippen LogP contribution in [0.1, 0.15) is 28.4 Å². The van der Waals surface area contributed by atoms with Crippen LogP contribution in [-0.2, 0) is 13.1 Å². The zero-order chi connectivity index (χ0) is 19.2. The number of hydrogen-bond donors (Lipinski definition) is 1. The molecule has 0 saturated carbocycles. The van der Waals surface area contributed by atoms with Crippen molar-refractivity contribution in [1.29, 1.82) is 0 Å². The molecule has 0 aliphatic heterocycles. The first-order valence-electron chi connectivity index (χ1n) is 9.24. The Kier molecular flexibility index (Phi) is 6.67. The highest BCUT2D eigenvalue weighted by Crippen LogP contribution is 2.22. The maximum atomic E-state index is 6.62. The van der Waals surface area contributed by atoms with Gasteiger partial charge in [-0.1, -0.05) is 72.3 Å². The van der Waals surface area contributed by atoms with E-state index in [0.29, 0.717) is 24.3 Å². The van der Waals surface area contributed by atoms with Gasteiger partial charge >= 0.3 is 0 Å². The number of benzene rings is 2. The van der Waals surface area contributed by atoms with E-state index in [0.717, 1.165) is 17.8 Å². The molecule has 0 aliphatic carbocycles. The Balaban J connectivity index is 1.65. The Bertz CT molecular complexity index is 844. The quantitative estimate of drug-likeness (QED) is 0.631. The third-order valence-corrected chi connectivity index (χ3v) is 5.23. The second-order valence-electron chi connectivity index (χ2n) is 7.02. The van der Waals surface area contributed by atoms with Crippen molar-refractivity contribution >= 4 is 11.6 Å². The number of halogens is 1. The molecule has 1 atom stereocenters. The van der Waals surface area contributed by atoms with E-state index in [2.05, 4.69) is 65.8 Å². The predicted octanol–water partition coefficient (Wildman–Crippen LogP) is 4.29. The Morgan fingerprint density at radius 3 is 2.30 bits per heavy atom. The summed E-state index contributed by atoms with van der Waals surface area (Å²) in [5.41, 5.74) is 4.54. The van der Waals surface area contributed by atoms with E-state index in [9.17, 15) is 0 Å². The summed E-state index contributed by atoms with van der Waals surface area (Å²) in [5, 5.41) is 8.90. The van der Waals surface area contributed by atoms with E-state index < -0.39 is 0 Å². The minimum atomic E-state index is 0.310. The standard InChI is InChI=1S/C22H27ClN4/c1-17-20(22(23)27(25-17)16-18-10-6-4-7-11-18)14-24-15-21(26(2)3)19-12-8-5-9-13-19/h4-13,21,24H,14-16H2,1-3H3/t21-/m0/s1. The fourth-order valence-corrected chi connectivity index (χ4v) is 3.56. The lowest BCUT2D eigenvalue weighted by atomic mass is 10.1. The molecule has 0 spiro atoms. The van der Waals surface area contributed by atoms with E-state index in [1.54, 1.807) is 0 Å². The lowest BCUT2D eigenvalue weighted by molar-refractivity contribution is 0.288. The highest BCUT2D eigenvalue weighted by atomic mass is 35.5. The maximum Gasteiger partial charge on any atom is 0.132 e. The second kappa shape index (κ2) is 9.18. The van der Waals surface area contributed by atoms with Crippen molar-refractivity contribution in [1.82, 2.24) is 20.0 Å². The highest BCUT2D eigenvalue weighted by molar-refractivity contribution is 6.30. The van der Waals surface area contributed by atoms with Crippen LogP contribution in [0.3, 0.4) is 0 Å². The number of nitrogens with one attached hydrogen (secondary N) is 1. The summed E-state index contributed by atoms with van der Waals surface area (Å²) in [6.07, 6.45) is 0. The molecule has 27 heavy (non-hydrogen) atoms. The number of nitrogens with zero attached hydrogens (tertiary/aromatic N) is 3. The SMILES string of the molecule is Cc1nn(Cc2ccccc2)c(Cl)c1CNC[C@@H](c1ccccc1)N(C)C. The Labute approximate surface area is 166 Å². The van der Waals surface area contributed by atoms with Crippen LogP contribution in [0.2, 0.25) is 5.15 Å². The smallest absolute Gasteiger partial charge is 0.132 e. The van der Waals surface area contributed by atoms with Crippen molar-refractivity contribution in [2.24, 2.45) is 0 Å². The first-order chi connectivity index (χ1) is 13.1. The molecule has 0 fully saturated rings. The van der Waals surface area contributed by atoms with Crippen molar-refractivity contribution in [3.8, 4) is 0 Å². The first kappa shape index (κ1) is 19.6. The molecule has 1 N–H and O–H groups in total. The summed E-state index contributed by atoms with van der Waals surface area (Å²) in [4.78, 5) is 2.23. The van der Waals surface area contributed by atoms with Gasteiger partial charge in [-0.15, -0.1) is 0 Å². The average molecular weight is 383 g/mol. The number of hydrogen-bond acceptors (Lipinski definition) is 3. The van der Waals surface area contributed by atoms with Gasteiger partial charge in [0.05, 0.1) is 12.2 Å². The van der Waals surface area contributed by atoms with Crippen molar-refractivity contribution < 1.29 is 0 Å². The fraction of sp³-hybridized carbons (Fsp3) is 0.318. The van der Waals surface area contributed by atoms with Crippen LogP contribution in [-0.4, -0.2) is 35.3 Å². The van der Waals surface area contributed by atoms with E-state index in [1.807, 2.05) is 35.9 Å². The molecule has 0 unspecified atom stereocenters. The lowest BCUT2D eigenvalue weighted by Crippen LogP contribution is -2.30. The number of likely N-dealkylation sites (N-methyl/N-ethyl adjacent to an activating group) is 1. The number of aromatic nitrogens is 2. The van der Waals surface area contributed by atoms with Gasteiger partial charge in [-0.2, -0.15) is 5.10 Å². The minimum Gasteiger partial charge on any atom is -0.311 e. The van der Waals surface area contributed by atoms with Crippen molar-refractivity contribution in [3.05, 3.63) is 88.2 Å². The van der Waals surface area contributed by atoms with Crippen molar-refractivity contribution in [2.45, 2.75) is 26.1 Å². The zero-order valence-electron chi connectivity index (χ0n) is 16.2. The summed E-state index contributed by atoms with van der Waals surface area (Å²) in [7, 11) is 4.21. The van der Waals surface area contributed by atoms with Gasteiger partial charge in [-0.05, 0) is 32.1 Å². The summed E-state index contributed by atoms with van der Waals surface area (Å²) in [6, 6.07) is 21.1. The molecule has 142 valence electrons. The topological polar surface area (TPSA) is 33.1 Å². The summed E-state index contributed by atoms with van der Waals surface area (Å²) >= 11 is 6.62. The van der Waals surface area contributed by atoms with Gasteiger partial charge in [0.25, 0.3) is 0 Å². The average Bonchev–Trinajstić information content (AvgIpc) is 2.93. The highest BCUT2D eigenvalue weighted by Gasteiger charge is 2.16. The maximum absolute atomic E-state index is 6.62. The van der Waals surface area contributed by atoms with Crippen LogP contribution in [0.4, 0.5) is 0 Å². The lowest BCUT2D eigenvalue weighted by Gasteiger charge is -2.25. The first-order valence-corrected chi connectivity index (χ1v) is 9.62. The molecular weight excluding hydrogens is 356 g/mol. The molecule has 3 rings (SSSR count). The molecule has 4 nitrogen and oxygen atoms in total. The summed E-state index contributed by atoms with van der Waals surface area (Å²) in [6.45, 7) is 4.25. The largest absolute Gasteiger partial charge is 0.311 e. The van der Waals surface area contributed by atoms with Gasteiger partial charge in [0, 0.05) is 24.7 Å². The van der Waals surface area contributed by atoms with Gasteiger partial charge < -0.3 is 10.2 Å². The predicted molar refractivity (Wildman–Crippen MR) is 112 cm³/mol. The van der Waals surface area contributed by atoms with Gasteiger partial charge in [0.15, 0.2) is 0 Å². The van der Waals surface area contributed by atoms with Gasteiger partial charge in [-0.25, -0.2) is 4.68 Å². The molecule has 0 aliphatic rings. The van der Waals surface area contributed by atoms with Crippen LogP contribution >= 0.6 is 11.6 Å². The van der Waals surface area contributed by atoms with Gasteiger partial charge in [0.1, 0.15) is 5.15 Å². The Hall–Kier alpha value is -2.14. The summed E-state index contributed by atoms with van der Waals surface area (Å²) < 4.78 is 1.88. The monoisotopic (exact) mass is 382 g/mol. The molecule has 3 aromatic rings. The zero-order valence-corrected chi connectivity index (χ0v) is 16.9. The minimum absolute atomic E-state index is 0.310.